The second kappa shape index (κ2) is 30.3. The summed E-state index contributed by atoms with van der Waals surface area (Å²) in [7, 11) is -3.00. The molecule has 2 aliphatic heterocycles. The number of benzene rings is 11. The van der Waals surface area contributed by atoms with E-state index in [0.29, 0.717) is 0 Å². The van der Waals surface area contributed by atoms with Crippen LogP contribution in [-0.2, 0) is 37.9 Å². The van der Waals surface area contributed by atoms with Gasteiger partial charge in [-0.25, -0.2) is 0 Å². The molecule has 4 aliphatic rings. The molecule has 11 aromatic carbocycles. The SMILES string of the molecule is CC(C)(C)C#Cc1ccccc1.CC(C)(C)c1ccc(C#Cc2ccccc2)cc1.CC(C)(C)c1ccc2c(c1)-c1ccccc1C2(C)C.CC(C)(C)c1ccc2c(c1)-c1ccccc1[Si]2(C)C.CC(C)(C)c1ccc2c(c1)C(C)(C)c1ccccc1-2.CC(C)(C)c1cccc2c1[Si](C)(C)c1ccccc1-2. The number of fused-ring (bicyclic) bond motifs is 12. The van der Waals surface area contributed by atoms with E-state index >= 15 is 0 Å². The van der Waals surface area contributed by atoms with Crippen molar-refractivity contribution in [2.75, 3.05) is 0 Å². The Hall–Kier alpha value is -9.03. The first-order chi connectivity index (χ1) is 49.4. The van der Waals surface area contributed by atoms with Gasteiger partial charge in [-0.3, -0.25) is 0 Å². The predicted molar refractivity (Wildman–Crippen MR) is 470 cm³/mol. The van der Waals surface area contributed by atoms with E-state index in [2.05, 4.69) is 396 Å². The number of hydrogen-bond acceptors (Lipinski definition) is 0. The molecular weight excluding hydrogens is 1310 g/mol. The third kappa shape index (κ3) is 17.5. The Morgan fingerprint density at radius 3 is 1.09 bits per heavy atom. The van der Waals surface area contributed by atoms with Gasteiger partial charge >= 0.3 is 0 Å². The van der Waals surface area contributed by atoms with Gasteiger partial charge in [-0.2, -0.15) is 0 Å². The first kappa shape index (κ1) is 79.5. The summed E-state index contributed by atoms with van der Waals surface area (Å²) in [6.45, 7) is 59.8. The zero-order valence-electron chi connectivity index (χ0n) is 69.2. The third-order valence-electron chi connectivity index (χ3n) is 22.0. The number of rotatable bonds is 0. The fraction of sp³-hybridized carbons (Fsp3) is 0.327. The Kier molecular flexibility index (Phi) is 22.7. The average molecular weight is 1430 g/mol. The number of hydrogen-bond donors (Lipinski definition) is 0. The summed E-state index contributed by atoms with van der Waals surface area (Å²) in [5.41, 5.74) is 29.2. The van der Waals surface area contributed by atoms with E-state index in [0.717, 1.165) is 16.7 Å². The molecule has 0 fully saturated rings. The van der Waals surface area contributed by atoms with Crippen LogP contribution >= 0.6 is 0 Å². The molecule has 2 heterocycles. The van der Waals surface area contributed by atoms with Gasteiger partial charge in [0.2, 0.25) is 0 Å². The molecule has 2 heteroatoms. The minimum absolute atomic E-state index is 0.0931. The van der Waals surface area contributed by atoms with Gasteiger partial charge in [0.05, 0.1) is 0 Å². The lowest BCUT2D eigenvalue weighted by Crippen LogP contribution is -2.52. The molecule has 0 bridgehead atoms. The zero-order chi connectivity index (χ0) is 77.4. The van der Waals surface area contributed by atoms with Crippen LogP contribution in [0.3, 0.4) is 0 Å². The molecule has 544 valence electrons. The minimum Gasteiger partial charge on any atom is -0.0920 e. The molecule has 15 rings (SSSR count). The van der Waals surface area contributed by atoms with E-state index in [9.17, 15) is 0 Å². The Labute approximate surface area is 644 Å². The Morgan fingerprint density at radius 2 is 0.594 bits per heavy atom. The van der Waals surface area contributed by atoms with Crippen LogP contribution in [0.15, 0.2) is 255 Å². The molecule has 0 atom stereocenters. The maximum atomic E-state index is 3.19. The van der Waals surface area contributed by atoms with Crippen molar-refractivity contribution in [1.29, 1.82) is 0 Å². The van der Waals surface area contributed by atoms with Crippen LogP contribution < -0.4 is 20.7 Å². The Balaban J connectivity index is 0.000000137. The van der Waals surface area contributed by atoms with Crippen LogP contribution in [0.2, 0.25) is 26.2 Å². The van der Waals surface area contributed by atoms with Gasteiger partial charge in [0.15, 0.2) is 0 Å². The fourth-order valence-corrected chi connectivity index (χ4v) is 22.3. The predicted octanol–water partition coefficient (Wildman–Crippen LogP) is 25.6. The van der Waals surface area contributed by atoms with Gasteiger partial charge in [0.25, 0.3) is 0 Å². The van der Waals surface area contributed by atoms with Crippen LogP contribution in [0.5, 0.6) is 0 Å². The average Bonchev–Trinajstić information content (AvgIpc) is 1.60. The lowest BCUT2D eigenvalue weighted by atomic mass is 9.79. The molecule has 0 radical (unpaired) electrons. The maximum Gasteiger partial charge on any atom is 0.114 e. The Morgan fingerprint density at radius 1 is 0.245 bits per heavy atom. The van der Waals surface area contributed by atoms with Gasteiger partial charge in [0.1, 0.15) is 16.1 Å². The normalized spacial score (nSPS) is 14.5. The Bertz CT molecular complexity index is 4950. The molecule has 11 aromatic rings. The van der Waals surface area contributed by atoms with Crippen molar-refractivity contribution in [2.24, 2.45) is 5.41 Å². The maximum absolute atomic E-state index is 3.19. The van der Waals surface area contributed by atoms with Crippen molar-refractivity contribution >= 4 is 36.9 Å². The molecule has 0 saturated heterocycles. The quantitative estimate of drug-likeness (QED) is 0.105. The van der Waals surface area contributed by atoms with Crippen molar-refractivity contribution in [3.8, 4) is 68.2 Å². The molecule has 106 heavy (non-hydrogen) atoms. The van der Waals surface area contributed by atoms with Crippen molar-refractivity contribution in [3.63, 3.8) is 0 Å². The van der Waals surface area contributed by atoms with Crippen LogP contribution in [0.4, 0.5) is 0 Å². The van der Waals surface area contributed by atoms with E-state index in [4.69, 9.17) is 0 Å². The monoisotopic (exact) mass is 1420 g/mol. The summed E-state index contributed by atoms with van der Waals surface area (Å²) >= 11 is 0. The molecule has 0 N–H and O–H groups in total. The molecular formula is C104H120Si2. The van der Waals surface area contributed by atoms with E-state index in [-0.39, 0.29) is 43.3 Å². The second-order valence-corrected chi connectivity index (χ2v) is 46.6. The molecule has 0 aromatic heterocycles. The van der Waals surface area contributed by atoms with Crippen molar-refractivity contribution in [3.05, 3.63) is 322 Å². The first-order valence-corrected chi connectivity index (χ1v) is 44.7. The zero-order valence-corrected chi connectivity index (χ0v) is 71.2. The fourth-order valence-electron chi connectivity index (χ4n) is 15.5. The standard InChI is InChI=1S/2C19H22.2C18H22Si.C18H18.C12H14/c1-18(2,3)13-10-11-17-15(12-13)14-8-6-7-9-16(14)19(17,4)5;1-18(2,3)13-10-11-15-14-8-6-7-9-16(14)19(4,5)17(15)12-13;1-18(2,3)15-11-8-10-14-13-9-6-7-12-16(13)19(4,5)17(14)15;1-18(2,3)13-10-11-17-15(12-13)14-8-6-7-9-16(14)19(17,4)5;1-18(2,3)17-13-11-16(12-14-17)10-9-15-7-5-4-6-8-15;1-12(2,3)10-9-11-7-5-4-6-8-11/h4*6-12H,1-5H3;4-8,11-14H,1-3H3;4-8H,1-3H3. The van der Waals surface area contributed by atoms with Gasteiger partial charge in [-0.15, -0.1) is 0 Å². The van der Waals surface area contributed by atoms with Crippen LogP contribution in [-0.4, -0.2) is 16.1 Å². The van der Waals surface area contributed by atoms with Crippen LogP contribution in [0.1, 0.15) is 219 Å². The van der Waals surface area contributed by atoms with Gasteiger partial charge in [0, 0.05) is 32.9 Å². The highest BCUT2D eigenvalue weighted by atomic mass is 28.3. The highest BCUT2D eigenvalue weighted by Crippen LogP contribution is 2.51. The van der Waals surface area contributed by atoms with Gasteiger partial charge in [-0.05, 0) is 200 Å². The lowest BCUT2D eigenvalue weighted by Gasteiger charge is -2.29. The van der Waals surface area contributed by atoms with Gasteiger partial charge < -0.3 is 0 Å². The molecule has 0 saturated carbocycles. The second-order valence-electron chi connectivity index (χ2n) is 38.0. The smallest absolute Gasteiger partial charge is 0.0920 e. The summed E-state index contributed by atoms with van der Waals surface area (Å²) in [6.07, 6.45) is 0. The van der Waals surface area contributed by atoms with Crippen LogP contribution in [0, 0.1) is 29.1 Å². The molecule has 0 amide bonds. The lowest BCUT2D eigenvalue weighted by molar-refractivity contribution is 0.571. The highest BCUT2D eigenvalue weighted by Gasteiger charge is 2.42. The summed E-state index contributed by atoms with van der Waals surface area (Å²) in [5, 5.41) is 6.45. The molecule has 0 nitrogen and oxygen atoms in total. The van der Waals surface area contributed by atoms with Crippen molar-refractivity contribution < 1.29 is 0 Å². The van der Waals surface area contributed by atoms with E-state index in [1.165, 1.54) is 94.6 Å². The summed E-state index contributed by atoms with van der Waals surface area (Å²) in [4.78, 5) is 0. The summed E-state index contributed by atoms with van der Waals surface area (Å²) in [5.74, 6) is 12.7. The van der Waals surface area contributed by atoms with E-state index < -0.39 is 16.1 Å². The van der Waals surface area contributed by atoms with Crippen molar-refractivity contribution in [2.45, 2.75) is 216 Å². The molecule has 0 unspecified atom stereocenters. The largest absolute Gasteiger partial charge is 0.114 e. The highest BCUT2D eigenvalue weighted by molar-refractivity contribution is 7.04. The molecule has 0 spiro atoms. The minimum atomic E-state index is -1.54. The molecule has 2 aliphatic carbocycles. The van der Waals surface area contributed by atoms with Crippen LogP contribution in [0.25, 0.3) is 44.5 Å². The van der Waals surface area contributed by atoms with Gasteiger partial charge in [-0.1, -0.05) is 400 Å². The first-order valence-electron chi connectivity index (χ1n) is 38.7. The third-order valence-corrected chi connectivity index (χ3v) is 29.1. The summed E-state index contributed by atoms with van der Waals surface area (Å²) in [6, 6.07) is 92.3. The summed E-state index contributed by atoms with van der Waals surface area (Å²) < 4.78 is 0. The topological polar surface area (TPSA) is 0 Å². The van der Waals surface area contributed by atoms with E-state index in [1.54, 1.807) is 20.7 Å². The van der Waals surface area contributed by atoms with Crippen molar-refractivity contribution in [1.82, 2.24) is 0 Å². The van der Waals surface area contributed by atoms with E-state index in [1.807, 2.05) is 60.7 Å².